The van der Waals surface area contributed by atoms with E-state index in [1.807, 2.05) is 6.92 Å². The molecule has 0 saturated heterocycles. The van der Waals surface area contributed by atoms with Crippen molar-refractivity contribution in [1.82, 2.24) is 4.98 Å². The normalized spacial score (nSPS) is 14.9. The Hall–Kier alpha value is -1.36. The highest BCUT2D eigenvalue weighted by molar-refractivity contribution is 5.87. The Morgan fingerprint density at radius 3 is 2.76 bits per heavy atom. The van der Waals surface area contributed by atoms with Gasteiger partial charge in [0.05, 0.1) is 12.3 Å². The van der Waals surface area contributed by atoms with Gasteiger partial charge >= 0.3 is 5.97 Å². The van der Waals surface area contributed by atoms with Crippen molar-refractivity contribution in [2.45, 2.75) is 39.2 Å². The number of oxazole rings is 1. The summed E-state index contributed by atoms with van der Waals surface area (Å²) < 4.78 is 15.6. The Morgan fingerprint density at radius 1 is 1.41 bits per heavy atom. The molecule has 1 heterocycles. The quantitative estimate of drug-likeness (QED) is 0.712. The lowest BCUT2D eigenvalue weighted by atomic mass is 10.2. The first-order chi connectivity index (χ1) is 8.26. The first kappa shape index (κ1) is 12.1. The second kappa shape index (κ2) is 5.31. The molecular weight excluding hydrogens is 222 g/mol. The summed E-state index contributed by atoms with van der Waals surface area (Å²) in [6.07, 6.45) is 2.13. The largest absolute Gasteiger partial charge is 0.460 e. The average molecular weight is 239 g/mol. The monoisotopic (exact) mass is 239 g/mol. The minimum atomic E-state index is -0.426. The molecule has 0 aliphatic heterocycles. The van der Waals surface area contributed by atoms with E-state index < -0.39 is 5.97 Å². The summed E-state index contributed by atoms with van der Waals surface area (Å²) in [5.74, 6) is 0.638. The van der Waals surface area contributed by atoms with Crippen LogP contribution in [0, 0.1) is 0 Å². The van der Waals surface area contributed by atoms with Crippen LogP contribution in [0.15, 0.2) is 4.42 Å². The molecule has 17 heavy (non-hydrogen) atoms. The van der Waals surface area contributed by atoms with Crippen LogP contribution >= 0.6 is 0 Å². The highest BCUT2D eigenvalue weighted by Crippen LogP contribution is 2.41. The van der Waals surface area contributed by atoms with Crippen molar-refractivity contribution < 1.29 is 18.7 Å². The minimum absolute atomic E-state index is 0.254. The van der Waals surface area contributed by atoms with Crippen molar-refractivity contribution in [1.29, 1.82) is 0 Å². The van der Waals surface area contributed by atoms with Gasteiger partial charge in [-0.2, -0.15) is 0 Å². The second-order valence-corrected chi connectivity index (χ2v) is 3.95. The van der Waals surface area contributed by atoms with Gasteiger partial charge in [-0.15, -0.1) is 0 Å². The Kier molecular flexibility index (Phi) is 3.78. The number of rotatable bonds is 6. The van der Waals surface area contributed by atoms with Gasteiger partial charge in [-0.1, -0.05) is 0 Å². The van der Waals surface area contributed by atoms with Gasteiger partial charge in [0.2, 0.25) is 11.7 Å². The van der Waals surface area contributed by atoms with E-state index in [1.54, 1.807) is 6.92 Å². The predicted octanol–water partition coefficient (Wildman–Crippen LogP) is 2.27. The van der Waals surface area contributed by atoms with Crippen LogP contribution in [0.2, 0.25) is 0 Å². The maximum Gasteiger partial charge on any atom is 0.376 e. The molecule has 5 nitrogen and oxygen atoms in total. The van der Waals surface area contributed by atoms with E-state index in [0.29, 0.717) is 31.6 Å². The van der Waals surface area contributed by atoms with Gasteiger partial charge < -0.3 is 13.9 Å². The van der Waals surface area contributed by atoms with Crippen molar-refractivity contribution in [3.05, 3.63) is 17.3 Å². The first-order valence-electron chi connectivity index (χ1n) is 6.00. The molecule has 1 aromatic heterocycles. The van der Waals surface area contributed by atoms with E-state index in [9.17, 15) is 4.79 Å². The molecule has 5 heteroatoms. The number of aromatic nitrogens is 1. The van der Waals surface area contributed by atoms with Crippen molar-refractivity contribution in [2.24, 2.45) is 0 Å². The maximum atomic E-state index is 11.7. The molecule has 0 spiro atoms. The predicted molar refractivity (Wildman–Crippen MR) is 59.8 cm³/mol. The topological polar surface area (TPSA) is 61.6 Å². The molecule has 1 aliphatic rings. The molecule has 1 aliphatic carbocycles. The van der Waals surface area contributed by atoms with Crippen molar-refractivity contribution in [3.8, 4) is 0 Å². The number of esters is 1. The zero-order valence-corrected chi connectivity index (χ0v) is 10.2. The van der Waals surface area contributed by atoms with Gasteiger partial charge in [-0.25, -0.2) is 9.78 Å². The molecule has 0 aromatic carbocycles. The van der Waals surface area contributed by atoms with E-state index in [-0.39, 0.29) is 5.76 Å². The highest BCUT2D eigenvalue weighted by atomic mass is 16.5. The first-order valence-corrected chi connectivity index (χ1v) is 6.00. The zero-order valence-electron chi connectivity index (χ0n) is 10.2. The zero-order chi connectivity index (χ0) is 12.3. The molecule has 94 valence electrons. The number of carbonyl (C=O) groups is 1. The van der Waals surface area contributed by atoms with Gasteiger partial charge in [-0.3, -0.25) is 0 Å². The van der Waals surface area contributed by atoms with Crippen LogP contribution in [0.3, 0.4) is 0 Å². The number of nitrogens with zero attached hydrogens (tertiary/aromatic N) is 1. The van der Waals surface area contributed by atoms with Gasteiger partial charge in [0.25, 0.3) is 0 Å². The van der Waals surface area contributed by atoms with Crippen LogP contribution in [0.5, 0.6) is 0 Å². The molecule has 0 bridgehead atoms. The summed E-state index contributed by atoms with van der Waals surface area (Å²) in [4.78, 5) is 16.0. The molecule has 0 radical (unpaired) electrons. The second-order valence-electron chi connectivity index (χ2n) is 3.95. The van der Waals surface area contributed by atoms with Gasteiger partial charge in [0.15, 0.2) is 0 Å². The fourth-order valence-corrected chi connectivity index (χ4v) is 1.61. The molecule has 2 rings (SSSR count). The molecule has 0 atom stereocenters. The summed E-state index contributed by atoms with van der Waals surface area (Å²) >= 11 is 0. The fraction of sp³-hybridized carbons (Fsp3) is 0.667. The Balaban J connectivity index is 2.16. The third-order valence-corrected chi connectivity index (χ3v) is 2.55. The van der Waals surface area contributed by atoms with E-state index in [2.05, 4.69) is 4.98 Å². The van der Waals surface area contributed by atoms with Crippen molar-refractivity contribution in [2.75, 3.05) is 13.2 Å². The Morgan fingerprint density at radius 2 is 2.18 bits per heavy atom. The maximum absolute atomic E-state index is 11.7. The highest BCUT2D eigenvalue weighted by Gasteiger charge is 2.34. The molecule has 1 aromatic rings. The SMILES string of the molecule is CCOCc1nc(C2CC2)c(C(=O)OCC)o1. The Labute approximate surface area is 100 Å². The summed E-state index contributed by atoms with van der Waals surface area (Å²) in [6.45, 7) is 4.90. The van der Waals surface area contributed by atoms with Gasteiger partial charge in [0.1, 0.15) is 6.61 Å². The van der Waals surface area contributed by atoms with Crippen LogP contribution in [0.1, 0.15) is 54.7 Å². The lowest BCUT2D eigenvalue weighted by Crippen LogP contribution is -2.05. The summed E-state index contributed by atoms with van der Waals surface area (Å²) in [6, 6.07) is 0. The van der Waals surface area contributed by atoms with E-state index in [0.717, 1.165) is 18.5 Å². The molecule has 0 N–H and O–H groups in total. The third-order valence-electron chi connectivity index (χ3n) is 2.55. The number of hydrogen-bond acceptors (Lipinski definition) is 5. The van der Waals surface area contributed by atoms with Crippen LogP contribution in [0.25, 0.3) is 0 Å². The van der Waals surface area contributed by atoms with Crippen LogP contribution in [0.4, 0.5) is 0 Å². The lowest BCUT2D eigenvalue weighted by Gasteiger charge is -1.99. The molecule has 0 amide bonds. The number of hydrogen-bond donors (Lipinski definition) is 0. The average Bonchev–Trinajstić information content (AvgIpc) is 3.07. The van der Waals surface area contributed by atoms with Crippen LogP contribution in [-0.4, -0.2) is 24.2 Å². The van der Waals surface area contributed by atoms with E-state index >= 15 is 0 Å². The Bertz CT molecular complexity index is 395. The molecule has 1 saturated carbocycles. The van der Waals surface area contributed by atoms with Gasteiger partial charge in [-0.05, 0) is 26.7 Å². The molecule has 0 unspecified atom stereocenters. The standard InChI is InChI=1S/C12H17NO4/c1-3-15-7-9-13-10(8-5-6-8)11(17-9)12(14)16-4-2/h8H,3-7H2,1-2H3. The number of ether oxygens (including phenoxy) is 2. The summed E-state index contributed by atoms with van der Waals surface area (Å²) in [5.41, 5.74) is 0.734. The van der Waals surface area contributed by atoms with Crippen LogP contribution in [-0.2, 0) is 16.1 Å². The smallest absolute Gasteiger partial charge is 0.376 e. The minimum Gasteiger partial charge on any atom is -0.460 e. The van der Waals surface area contributed by atoms with Crippen LogP contribution < -0.4 is 0 Å². The molecular formula is C12H17NO4. The number of carbonyl (C=O) groups excluding carboxylic acids is 1. The van der Waals surface area contributed by atoms with E-state index in [1.165, 1.54) is 0 Å². The van der Waals surface area contributed by atoms with E-state index in [4.69, 9.17) is 13.9 Å². The van der Waals surface area contributed by atoms with Crippen molar-refractivity contribution in [3.63, 3.8) is 0 Å². The molecule has 1 fully saturated rings. The fourth-order valence-electron chi connectivity index (χ4n) is 1.61. The lowest BCUT2D eigenvalue weighted by molar-refractivity contribution is 0.0478. The third kappa shape index (κ3) is 2.85. The van der Waals surface area contributed by atoms with Gasteiger partial charge in [0, 0.05) is 12.5 Å². The summed E-state index contributed by atoms with van der Waals surface area (Å²) in [7, 11) is 0. The summed E-state index contributed by atoms with van der Waals surface area (Å²) in [5, 5.41) is 0. The van der Waals surface area contributed by atoms with Crippen molar-refractivity contribution >= 4 is 5.97 Å².